The Morgan fingerprint density at radius 2 is 1.81 bits per heavy atom. The van der Waals surface area contributed by atoms with Crippen LogP contribution in [0.25, 0.3) is 0 Å². The Bertz CT molecular complexity index is 172. The quantitative estimate of drug-likeness (QED) is 0.719. The lowest BCUT2D eigenvalue weighted by Crippen LogP contribution is -2.19. The molecular weight excluding hydrogens is 208 g/mol. The normalized spacial score (nSPS) is 30.1. The summed E-state index contributed by atoms with van der Waals surface area (Å²) in [7, 11) is 0. The number of rotatable bonds is 2. The second-order valence-electron chi connectivity index (χ2n) is 4.38. The molecule has 0 radical (unpaired) electrons. The lowest BCUT2D eigenvalue weighted by molar-refractivity contribution is -0.114. The van der Waals surface area contributed by atoms with Crippen molar-refractivity contribution < 1.29 is 19.4 Å². The minimum absolute atomic E-state index is 0.184. The Hall–Kier alpha value is -0.450. The molecule has 16 heavy (non-hydrogen) atoms. The first-order valence-corrected chi connectivity index (χ1v) is 6.08. The van der Waals surface area contributed by atoms with Crippen LogP contribution >= 0.6 is 0 Å². The number of aliphatic hydroxyl groups excluding tert-OH is 1. The second kappa shape index (κ2) is 8.67. The van der Waals surface area contributed by atoms with Crippen LogP contribution in [0.3, 0.4) is 0 Å². The Balaban J connectivity index is 0.000000160. The minimum Gasteiger partial charge on any atom is -0.396 e. The molecule has 0 bridgehead atoms. The van der Waals surface area contributed by atoms with Gasteiger partial charge in [0.25, 0.3) is 0 Å². The first-order chi connectivity index (χ1) is 7.86. The number of aldehydes is 1. The van der Waals surface area contributed by atoms with Crippen LogP contribution in [-0.4, -0.2) is 44.4 Å². The summed E-state index contributed by atoms with van der Waals surface area (Å²) in [6.45, 7) is 3.42. The van der Waals surface area contributed by atoms with Crippen molar-refractivity contribution in [1.29, 1.82) is 0 Å². The van der Waals surface area contributed by atoms with E-state index in [1.165, 1.54) is 0 Å². The van der Waals surface area contributed by atoms with E-state index >= 15 is 0 Å². The molecule has 0 aromatic heterocycles. The van der Waals surface area contributed by atoms with Crippen molar-refractivity contribution in [3.05, 3.63) is 0 Å². The highest BCUT2D eigenvalue weighted by molar-refractivity contribution is 5.53. The maximum atomic E-state index is 10.1. The highest BCUT2D eigenvalue weighted by Gasteiger charge is 2.11. The standard InChI is InChI=1S/C6H12O2.C6H10O2/c2*7-4-6-2-1-3-8-5-6/h6-7H,1-5H2;4,6H,1-3,5H2. The molecule has 4 nitrogen and oxygen atoms in total. The third kappa shape index (κ3) is 5.58. The van der Waals surface area contributed by atoms with E-state index in [0.29, 0.717) is 19.1 Å². The summed E-state index contributed by atoms with van der Waals surface area (Å²) < 4.78 is 10.2. The van der Waals surface area contributed by atoms with Crippen molar-refractivity contribution in [2.45, 2.75) is 25.7 Å². The van der Waals surface area contributed by atoms with E-state index in [9.17, 15) is 4.79 Å². The molecule has 0 amide bonds. The fraction of sp³-hybridized carbons (Fsp3) is 0.917. The summed E-state index contributed by atoms with van der Waals surface area (Å²) in [5.41, 5.74) is 0. The topological polar surface area (TPSA) is 55.8 Å². The lowest BCUT2D eigenvalue weighted by Gasteiger charge is -2.18. The first-order valence-electron chi connectivity index (χ1n) is 6.08. The number of hydrogen-bond acceptors (Lipinski definition) is 4. The lowest BCUT2D eigenvalue weighted by atomic mass is 10.0. The van der Waals surface area contributed by atoms with Crippen LogP contribution in [0, 0.1) is 11.8 Å². The van der Waals surface area contributed by atoms with Gasteiger partial charge < -0.3 is 19.4 Å². The second-order valence-corrected chi connectivity index (χ2v) is 4.38. The van der Waals surface area contributed by atoms with E-state index in [1.54, 1.807) is 0 Å². The molecule has 1 N–H and O–H groups in total. The predicted octanol–water partition coefficient (Wildman–Crippen LogP) is 1.02. The molecule has 94 valence electrons. The molecule has 2 aliphatic rings. The third-order valence-electron chi connectivity index (χ3n) is 2.90. The van der Waals surface area contributed by atoms with Gasteiger partial charge in [0.05, 0.1) is 13.2 Å². The fourth-order valence-corrected chi connectivity index (χ4v) is 1.82. The maximum absolute atomic E-state index is 10.1. The average Bonchev–Trinajstić information content (AvgIpc) is 2.41. The monoisotopic (exact) mass is 230 g/mol. The molecular formula is C12H22O4. The SMILES string of the molecule is O=CC1CCCOC1.OCC1CCCOC1. The van der Waals surface area contributed by atoms with Crippen LogP contribution in [-0.2, 0) is 14.3 Å². The summed E-state index contributed by atoms with van der Waals surface area (Å²) in [4.78, 5) is 10.1. The molecule has 0 spiro atoms. The van der Waals surface area contributed by atoms with Gasteiger partial charge in [0.2, 0.25) is 0 Å². The molecule has 2 unspecified atom stereocenters. The van der Waals surface area contributed by atoms with Gasteiger partial charge in [-0.05, 0) is 25.7 Å². The molecule has 2 heterocycles. The summed E-state index contributed by atoms with van der Waals surface area (Å²) in [6.07, 6.45) is 5.30. The van der Waals surface area contributed by atoms with E-state index in [2.05, 4.69) is 0 Å². The number of ether oxygens (including phenoxy) is 2. The van der Waals surface area contributed by atoms with E-state index in [1.807, 2.05) is 0 Å². The van der Waals surface area contributed by atoms with Gasteiger partial charge >= 0.3 is 0 Å². The minimum atomic E-state index is 0.184. The van der Waals surface area contributed by atoms with Gasteiger partial charge in [0, 0.05) is 31.7 Å². The average molecular weight is 230 g/mol. The molecule has 2 saturated heterocycles. The number of aliphatic hydroxyl groups is 1. The van der Waals surface area contributed by atoms with E-state index in [-0.39, 0.29) is 5.92 Å². The number of carbonyl (C=O) groups is 1. The van der Waals surface area contributed by atoms with Crippen LogP contribution in [0.5, 0.6) is 0 Å². The number of carbonyl (C=O) groups excluding carboxylic acids is 1. The van der Waals surface area contributed by atoms with Crippen molar-refractivity contribution >= 4 is 6.29 Å². The summed E-state index contributed by atoms with van der Waals surface area (Å²) in [6, 6.07) is 0. The Morgan fingerprint density at radius 1 is 1.12 bits per heavy atom. The zero-order valence-corrected chi connectivity index (χ0v) is 9.77. The fourth-order valence-electron chi connectivity index (χ4n) is 1.82. The Kier molecular flexibility index (Phi) is 7.38. The van der Waals surface area contributed by atoms with Crippen molar-refractivity contribution in [2.24, 2.45) is 11.8 Å². The van der Waals surface area contributed by atoms with Gasteiger partial charge in [-0.15, -0.1) is 0 Å². The van der Waals surface area contributed by atoms with Crippen molar-refractivity contribution in [3.8, 4) is 0 Å². The summed E-state index contributed by atoms with van der Waals surface area (Å²) >= 11 is 0. The van der Waals surface area contributed by atoms with Gasteiger partial charge in [0.15, 0.2) is 0 Å². The van der Waals surface area contributed by atoms with Gasteiger partial charge in [-0.25, -0.2) is 0 Å². The van der Waals surface area contributed by atoms with Crippen LogP contribution < -0.4 is 0 Å². The van der Waals surface area contributed by atoms with Crippen LogP contribution in [0.2, 0.25) is 0 Å². The van der Waals surface area contributed by atoms with Gasteiger partial charge in [0.1, 0.15) is 6.29 Å². The highest BCUT2D eigenvalue weighted by atomic mass is 16.5. The van der Waals surface area contributed by atoms with E-state index in [0.717, 1.165) is 51.8 Å². The van der Waals surface area contributed by atoms with Crippen molar-refractivity contribution in [3.63, 3.8) is 0 Å². The maximum Gasteiger partial charge on any atom is 0.125 e. The van der Waals surface area contributed by atoms with E-state index in [4.69, 9.17) is 14.6 Å². The predicted molar refractivity (Wildman–Crippen MR) is 60.2 cm³/mol. The molecule has 0 aromatic rings. The number of hydrogen-bond donors (Lipinski definition) is 1. The molecule has 4 heteroatoms. The molecule has 2 rings (SSSR count). The molecule has 0 saturated carbocycles. The zero-order chi connectivity index (χ0) is 11.6. The van der Waals surface area contributed by atoms with Gasteiger partial charge in [-0.2, -0.15) is 0 Å². The van der Waals surface area contributed by atoms with Gasteiger partial charge in [-0.3, -0.25) is 0 Å². The Labute approximate surface area is 96.9 Å². The van der Waals surface area contributed by atoms with Crippen LogP contribution in [0.4, 0.5) is 0 Å². The van der Waals surface area contributed by atoms with Crippen molar-refractivity contribution in [2.75, 3.05) is 33.0 Å². The first kappa shape index (κ1) is 13.6. The summed E-state index contributed by atoms with van der Waals surface area (Å²) in [5.74, 6) is 0.604. The zero-order valence-electron chi connectivity index (χ0n) is 9.77. The third-order valence-corrected chi connectivity index (χ3v) is 2.90. The summed E-state index contributed by atoms with van der Waals surface area (Å²) in [5, 5.41) is 8.61. The van der Waals surface area contributed by atoms with Crippen LogP contribution in [0.15, 0.2) is 0 Å². The highest BCUT2D eigenvalue weighted by Crippen LogP contribution is 2.11. The molecule has 0 aromatic carbocycles. The molecule has 0 aliphatic carbocycles. The van der Waals surface area contributed by atoms with Gasteiger partial charge in [-0.1, -0.05) is 0 Å². The Morgan fingerprint density at radius 3 is 2.12 bits per heavy atom. The molecule has 2 aliphatic heterocycles. The molecule has 2 atom stereocenters. The van der Waals surface area contributed by atoms with E-state index < -0.39 is 0 Å². The van der Waals surface area contributed by atoms with Crippen molar-refractivity contribution in [1.82, 2.24) is 0 Å². The largest absolute Gasteiger partial charge is 0.396 e. The van der Waals surface area contributed by atoms with Crippen LogP contribution in [0.1, 0.15) is 25.7 Å². The molecule has 2 fully saturated rings. The smallest absolute Gasteiger partial charge is 0.125 e.